The van der Waals surface area contributed by atoms with E-state index in [9.17, 15) is 0 Å². The van der Waals surface area contributed by atoms with E-state index in [0.717, 1.165) is 77.8 Å². The number of hydrogen-bond donors (Lipinski definition) is 0. The van der Waals surface area contributed by atoms with Crippen LogP contribution in [-0.2, 0) is 23.6 Å². The quantitative estimate of drug-likeness (QED) is 0.222. The topological polar surface area (TPSA) is 36.9 Å². The fraction of sp³-hybridized carbons (Fsp3) is 0. The fourth-order valence-corrected chi connectivity index (χ4v) is 15.0. The molecule has 4 nitrogen and oxygen atoms in total. The third-order valence-electron chi connectivity index (χ3n) is 7.56. The van der Waals surface area contributed by atoms with Gasteiger partial charge in [0.05, 0.1) is 22.7 Å². The third kappa shape index (κ3) is 2.48. The summed E-state index contributed by atoms with van der Waals surface area (Å²) in [7, 11) is 0. The van der Waals surface area contributed by atoms with Crippen LogP contribution < -0.4 is 50.8 Å². The standard InChI is InChI=1S/C30H16O4P2S2/c37-35-25-13-3-1-7-17(25)31-19-9-5-11-21(29(19)35)33-23-15-24-28(16-27(23)35)36(38)26-14-4-2-8-18(26)32-20-10-6-12-22(34-24)30(20)36/h1-16H. The summed E-state index contributed by atoms with van der Waals surface area (Å²) in [5, 5.41) is 5.95. The molecule has 0 amide bonds. The minimum absolute atomic E-state index is 0.719. The molecule has 5 aromatic rings. The van der Waals surface area contributed by atoms with E-state index in [1.54, 1.807) is 0 Å². The summed E-state index contributed by atoms with van der Waals surface area (Å²) in [6.45, 7) is 0. The number of para-hydroxylation sites is 2. The third-order valence-corrected chi connectivity index (χ3v) is 17.3. The molecular weight excluding hydrogens is 550 g/mol. The molecule has 4 heterocycles. The lowest BCUT2D eigenvalue weighted by atomic mass is 10.2. The smallest absolute Gasteiger partial charge is 0.140 e. The first-order chi connectivity index (χ1) is 18.6. The van der Waals surface area contributed by atoms with Crippen molar-refractivity contribution in [2.45, 2.75) is 0 Å². The molecule has 0 spiro atoms. The van der Waals surface area contributed by atoms with Gasteiger partial charge < -0.3 is 18.9 Å². The highest BCUT2D eigenvalue weighted by molar-refractivity contribution is 8.26. The molecule has 0 radical (unpaired) electrons. The van der Waals surface area contributed by atoms with Gasteiger partial charge >= 0.3 is 0 Å². The normalized spacial score (nSPS) is 21.9. The van der Waals surface area contributed by atoms with E-state index in [2.05, 4.69) is 18.2 Å². The molecule has 4 aliphatic rings. The maximum Gasteiger partial charge on any atom is 0.140 e. The van der Waals surface area contributed by atoms with Crippen LogP contribution in [0.15, 0.2) is 97.1 Å². The number of ether oxygens (including phenoxy) is 4. The van der Waals surface area contributed by atoms with Crippen molar-refractivity contribution in [2.24, 2.45) is 0 Å². The van der Waals surface area contributed by atoms with Gasteiger partial charge in [-0.05, 0) is 54.6 Å². The average molecular weight is 567 g/mol. The van der Waals surface area contributed by atoms with Gasteiger partial charge in [0, 0.05) is 27.3 Å². The van der Waals surface area contributed by atoms with Crippen molar-refractivity contribution in [1.29, 1.82) is 0 Å². The zero-order valence-electron chi connectivity index (χ0n) is 19.6. The SMILES string of the molecule is S=P12c3ccccc3Oc3cccc(c31)Oc1cc3c(cc12)P1(=S)c2ccccc2Oc2cccc(c21)O3. The van der Waals surface area contributed by atoms with Crippen molar-refractivity contribution < 1.29 is 18.9 Å². The van der Waals surface area contributed by atoms with Crippen LogP contribution in [0.1, 0.15) is 0 Å². The van der Waals surface area contributed by atoms with Crippen LogP contribution in [0.2, 0.25) is 0 Å². The molecule has 0 saturated carbocycles. The van der Waals surface area contributed by atoms with Gasteiger partial charge in [0.25, 0.3) is 0 Å². The van der Waals surface area contributed by atoms with Crippen LogP contribution in [0.5, 0.6) is 46.0 Å². The molecule has 182 valence electrons. The zero-order valence-corrected chi connectivity index (χ0v) is 23.0. The zero-order chi connectivity index (χ0) is 25.2. The van der Waals surface area contributed by atoms with E-state index in [1.165, 1.54) is 0 Å². The van der Waals surface area contributed by atoms with Gasteiger partial charge in [0.1, 0.15) is 46.0 Å². The van der Waals surface area contributed by atoms with Gasteiger partial charge in [-0.2, -0.15) is 0 Å². The number of rotatable bonds is 0. The Morgan fingerprint density at radius 1 is 0.368 bits per heavy atom. The lowest BCUT2D eigenvalue weighted by Crippen LogP contribution is -2.39. The summed E-state index contributed by atoms with van der Waals surface area (Å²) < 4.78 is 25.7. The van der Waals surface area contributed by atoms with Crippen molar-refractivity contribution in [1.82, 2.24) is 0 Å². The molecule has 5 aromatic carbocycles. The summed E-state index contributed by atoms with van der Waals surface area (Å²) in [5.74, 6) is 6.04. The first kappa shape index (κ1) is 21.5. The average Bonchev–Trinajstić information content (AvgIpc) is 2.93. The molecule has 38 heavy (non-hydrogen) atoms. The summed E-state index contributed by atoms with van der Waals surface area (Å²) in [4.78, 5) is 0. The molecule has 8 heteroatoms. The van der Waals surface area contributed by atoms with E-state index in [-0.39, 0.29) is 0 Å². The van der Waals surface area contributed by atoms with Crippen LogP contribution in [0.3, 0.4) is 0 Å². The monoisotopic (exact) mass is 566 g/mol. The van der Waals surface area contributed by atoms with Crippen LogP contribution >= 0.6 is 12.1 Å². The lowest BCUT2D eigenvalue weighted by molar-refractivity contribution is 0.453. The predicted octanol–water partition coefficient (Wildman–Crippen LogP) is 5.62. The van der Waals surface area contributed by atoms with Gasteiger partial charge in [-0.15, -0.1) is 0 Å². The van der Waals surface area contributed by atoms with Crippen LogP contribution in [0.25, 0.3) is 0 Å². The van der Waals surface area contributed by atoms with Gasteiger partial charge in [0.2, 0.25) is 0 Å². The summed E-state index contributed by atoms with van der Waals surface area (Å²) >= 11 is 13.5. The lowest BCUT2D eigenvalue weighted by Gasteiger charge is -2.40. The first-order valence-corrected chi connectivity index (χ1v) is 17.7. The molecule has 0 fully saturated rings. The number of benzene rings is 5. The Labute approximate surface area is 228 Å². The highest BCUT2D eigenvalue weighted by Crippen LogP contribution is 2.62. The maximum atomic E-state index is 6.73. The minimum atomic E-state index is -2.52. The Kier molecular flexibility index (Phi) is 4.06. The highest BCUT2D eigenvalue weighted by Gasteiger charge is 2.47. The van der Waals surface area contributed by atoms with Crippen molar-refractivity contribution in [3.63, 3.8) is 0 Å². The second kappa shape index (κ2) is 7.16. The predicted molar refractivity (Wildman–Crippen MR) is 159 cm³/mol. The molecule has 0 bridgehead atoms. The maximum absolute atomic E-state index is 6.73. The van der Waals surface area contributed by atoms with E-state index < -0.39 is 12.1 Å². The van der Waals surface area contributed by atoms with Crippen molar-refractivity contribution in [2.75, 3.05) is 0 Å². The Bertz CT molecular complexity index is 1880. The largest absolute Gasteiger partial charge is 0.456 e. The Morgan fingerprint density at radius 3 is 1.18 bits per heavy atom. The second-order valence-electron chi connectivity index (χ2n) is 9.56. The van der Waals surface area contributed by atoms with Gasteiger partial charge in [-0.1, -0.05) is 60.0 Å². The first-order valence-electron chi connectivity index (χ1n) is 12.1. The summed E-state index contributed by atoms with van der Waals surface area (Å²) in [5.41, 5.74) is 0. The molecular formula is C30H16O4P2S2. The molecule has 0 N–H and O–H groups in total. The van der Waals surface area contributed by atoms with E-state index >= 15 is 0 Å². The second-order valence-corrected chi connectivity index (χ2v) is 18.1. The van der Waals surface area contributed by atoms with E-state index in [1.807, 2.05) is 78.9 Å². The fourth-order valence-electron chi connectivity index (χ4n) is 5.97. The molecule has 2 unspecified atom stereocenters. The van der Waals surface area contributed by atoms with Crippen LogP contribution in [0, 0.1) is 0 Å². The highest BCUT2D eigenvalue weighted by atomic mass is 32.4. The van der Waals surface area contributed by atoms with E-state index in [4.69, 9.17) is 42.6 Å². The van der Waals surface area contributed by atoms with E-state index in [0.29, 0.717) is 0 Å². The van der Waals surface area contributed by atoms with Crippen LogP contribution in [0.4, 0.5) is 0 Å². The molecule has 4 aliphatic heterocycles. The Morgan fingerprint density at radius 2 is 0.737 bits per heavy atom. The number of fused-ring (bicyclic) bond motifs is 8. The molecule has 2 atom stereocenters. The Hall–Kier alpha value is -3.40. The number of hydrogen-bond acceptors (Lipinski definition) is 6. The molecule has 0 saturated heterocycles. The molecule has 9 rings (SSSR count). The van der Waals surface area contributed by atoms with Crippen molar-refractivity contribution in [3.8, 4) is 46.0 Å². The molecule has 0 aliphatic carbocycles. The van der Waals surface area contributed by atoms with Gasteiger partial charge in [-0.3, -0.25) is 0 Å². The summed E-state index contributed by atoms with van der Waals surface area (Å²) in [6, 6.07) is 27.1. The summed E-state index contributed by atoms with van der Waals surface area (Å²) in [6.07, 6.45) is 0. The van der Waals surface area contributed by atoms with Gasteiger partial charge in [0.15, 0.2) is 0 Å². The van der Waals surface area contributed by atoms with Gasteiger partial charge in [-0.25, -0.2) is 0 Å². The minimum Gasteiger partial charge on any atom is -0.456 e. The van der Waals surface area contributed by atoms with Crippen molar-refractivity contribution in [3.05, 3.63) is 97.1 Å². The van der Waals surface area contributed by atoms with Crippen molar-refractivity contribution >= 4 is 67.5 Å². The Balaban J connectivity index is 1.39. The molecule has 0 aromatic heterocycles. The van der Waals surface area contributed by atoms with Crippen LogP contribution in [-0.4, -0.2) is 0 Å².